The molecule has 0 saturated carbocycles. The number of carbonyl (C=O) groups is 2. The van der Waals surface area contributed by atoms with Crippen LogP contribution in [0, 0.1) is 0 Å². The maximum Gasteiger partial charge on any atom is 0.342 e. The molecule has 0 aliphatic carbocycles. The van der Waals surface area contributed by atoms with E-state index in [0.717, 1.165) is 12.0 Å². The Morgan fingerprint density at radius 2 is 1.66 bits per heavy atom. The molecule has 2 aromatic carbocycles. The van der Waals surface area contributed by atoms with E-state index in [-0.39, 0.29) is 17.1 Å². The second-order valence-electron chi connectivity index (χ2n) is 6.40. The number of hydrogen-bond acceptors (Lipinski definition) is 6. The Labute approximate surface area is 170 Å². The molecule has 0 saturated heterocycles. The fourth-order valence-corrected chi connectivity index (χ4v) is 2.92. The molecule has 0 bridgehead atoms. The Balaban J connectivity index is 2.09. The number of rotatable bonds is 9. The highest BCUT2D eigenvalue weighted by atomic mass is 16.5. The first-order valence-corrected chi connectivity index (χ1v) is 9.31. The Morgan fingerprint density at radius 1 is 0.966 bits per heavy atom. The second-order valence-corrected chi connectivity index (χ2v) is 6.40. The third-order valence-electron chi connectivity index (χ3n) is 4.64. The van der Waals surface area contributed by atoms with E-state index in [2.05, 4.69) is 19.2 Å². The Kier molecular flexibility index (Phi) is 7.88. The molecule has 0 unspecified atom stereocenters. The lowest BCUT2D eigenvalue weighted by Gasteiger charge is -2.16. The number of benzene rings is 2. The largest absolute Gasteiger partial charge is 0.493 e. The fraction of sp³-hybridized carbons (Fsp3) is 0.364. The molecular weight excluding hydrogens is 374 g/mol. The minimum atomic E-state index is -0.701. The van der Waals surface area contributed by atoms with Crippen molar-refractivity contribution in [2.75, 3.05) is 33.3 Å². The first-order chi connectivity index (χ1) is 14.0. The van der Waals surface area contributed by atoms with Gasteiger partial charge in [-0.25, -0.2) is 4.79 Å². The maximum absolute atomic E-state index is 12.5. The summed E-state index contributed by atoms with van der Waals surface area (Å²) in [6, 6.07) is 10.7. The molecule has 0 aliphatic heterocycles. The minimum absolute atomic E-state index is 0.137. The first kappa shape index (κ1) is 22.1. The molecule has 2 rings (SSSR count). The summed E-state index contributed by atoms with van der Waals surface area (Å²) in [4.78, 5) is 24.8. The van der Waals surface area contributed by atoms with Crippen LogP contribution in [0.15, 0.2) is 36.4 Å². The van der Waals surface area contributed by atoms with Gasteiger partial charge >= 0.3 is 5.97 Å². The molecule has 156 valence electrons. The van der Waals surface area contributed by atoms with E-state index >= 15 is 0 Å². The molecule has 1 atom stereocenters. The molecule has 7 nitrogen and oxygen atoms in total. The average Bonchev–Trinajstić information content (AvgIpc) is 2.75. The summed E-state index contributed by atoms with van der Waals surface area (Å²) in [5.41, 5.74) is 1.89. The number of ether oxygens (including phenoxy) is 4. The van der Waals surface area contributed by atoms with Gasteiger partial charge in [-0.3, -0.25) is 4.79 Å². The number of nitrogens with one attached hydrogen (secondary N) is 1. The molecule has 29 heavy (non-hydrogen) atoms. The summed E-state index contributed by atoms with van der Waals surface area (Å²) in [5, 5.41) is 2.81. The number of hydrogen-bond donors (Lipinski definition) is 1. The van der Waals surface area contributed by atoms with Crippen LogP contribution in [0.25, 0.3) is 0 Å². The van der Waals surface area contributed by atoms with Crippen LogP contribution < -0.4 is 19.5 Å². The van der Waals surface area contributed by atoms with Gasteiger partial charge in [0.05, 0.1) is 21.3 Å². The third kappa shape index (κ3) is 5.19. The van der Waals surface area contributed by atoms with Gasteiger partial charge < -0.3 is 24.3 Å². The van der Waals surface area contributed by atoms with Gasteiger partial charge in [-0.2, -0.15) is 0 Å². The lowest BCUT2D eigenvalue weighted by molar-refractivity contribution is -0.119. The van der Waals surface area contributed by atoms with Gasteiger partial charge in [0.25, 0.3) is 5.91 Å². The molecule has 7 heteroatoms. The highest BCUT2D eigenvalue weighted by Gasteiger charge is 2.22. The van der Waals surface area contributed by atoms with Crippen LogP contribution in [0.5, 0.6) is 17.2 Å². The van der Waals surface area contributed by atoms with Gasteiger partial charge in [0.2, 0.25) is 5.75 Å². The van der Waals surface area contributed by atoms with Gasteiger partial charge in [0.15, 0.2) is 18.1 Å². The minimum Gasteiger partial charge on any atom is -0.493 e. The topological polar surface area (TPSA) is 83.1 Å². The number of para-hydroxylation sites is 1. The molecule has 1 N–H and O–H groups in total. The van der Waals surface area contributed by atoms with Crippen molar-refractivity contribution in [3.8, 4) is 17.2 Å². The normalized spacial score (nSPS) is 11.3. The number of esters is 1. The summed E-state index contributed by atoms with van der Waals surface area (Å²) in [7, 11) is 4.33. The van der Waals surface area contributed by atoms with Crippen LogP contribution >= 0.6 is 0 Å². The van der Waals surface area contributed by atoms with Gasteiger partial charge in [0, 0.05) is 5.69 Å². The molecule has 1 amide bonds. The quantitative estimate of drug-likeness (QED) is 0.639. The Bertz CT molecular complexity index is 864. The molecular formula is C22H27NO6. The molecule has 0 heterocycles. The SMILES string of the molecule is CC[C@H](C)c1ccccc1NC(=O)COC(=O)c1ccc(OC)c(OC)c1OC. The van der Waals surface area contributed by atoms with Crippen molar-refractivity contribution >= 4 is 17.6 Å². The van der Waals surface area contributed by atoms with Gasteiger partial charge in [-0.15, -0.1) is 0 Å². The monoisotopic (exact) mass is 401 g/mol. The van der Waals surface area contributed by atoms with Gasteiger partial charge in [-0.05, 0) is 36.1 Å². The van der Waals surface area contributed by atoms with Crippen molar-refractivity contribution < 1.29 is 28.5 Å². The van der Waals surface area contributed by atoms with Gasteiger partial charge in [-0.1, -0.05) is 32.0 Å². The zero-order chi connectivity index (χ0) is 21.4. The van der Waals surface area contributed by atoms with Gasteiger partial charge in [0.1, 0.15) is 5.56 Å². The predicted molar refractivity (Wildman–Crippen MR) is 110 cm³/mol. The fourth-order valence-electron chi connectivity index (χ4n) is 2.92. The van der Waals surface area contributed by atoms with Crippen molar-refractivity contribution in [2.45, 2.75) is 26.2 Å². The molecule has 0 aromatic heterocycles. The Morgan fingerprint density at radius 3 is 2.28 bits per heavy atom. The highest BCUT2D eigenvalue weighted by Crippen LogP contribution is 2.40. The van der Waals surface area contributed by atoms with Crippen molar-refractivity contribution in [1.29, 1.82) is 0 Å². The maximum atomic E-state index is 12.5. The lowest BCUT2D eigenvalue weighted by atomic mass is 9.97. The molecule has 0 aliphatic rings. The van der Waals surface area contributed by atoms with E-state index in [1.54, 1.807) is 6.07 Å². The van der Waals surface area contributed by atoms with E-state index in [0.29, 0.717) is 17.4 Å². The van der Waals surface area contributed by atoms with Crippen molar-refractivity contribution in [1.82, 2.24) is 0 Å². The molecule has 0 spiro atoms. The number of amides is 1. The van der Waals surface area contributed by atoms with Crippen molar-refractivity contribution in [3.63, 3.8) is 0 Å². The zero-order valence-corrected chi connectivity index (χ0v) is 17.4. The van der Waals surface area contributed by atoms with E-state index in [4.69, 9.17) is 18.9 Å². The highest BCUT2D eigenvalue weighted by molar-refractivity contribution is 5.98. The van der Waals surface area contributed by atoms with Crippen LogP contribution in [-0.2, 0) is 9.53 Å². The molecule has 0 fully saturated rings. The summed E-state index contributed by atoms with van der Waals surface area (Å²) in [6.45, 7) is 3.75. The summed E-state index contributed by atoms with van der Waals surface area (Å²) in [6.07, 6.45) is 0.945. The predicted octanol–water partition coefficient (Wildman–Crippen LogP) is 4.02. The average molecular weight is 401 g/mol. The van der Waals surface area contributed by atoms with Crippen LogP contribution in [0.1, 0.15) is 42.1 Å². The number of carbonyl (C=O) groups excluding carboxylic acids is 2. The number of methoxy groups -OCH3 is 3. The summed E-state index contributed by atoms with van der Waals surface area (Å²) >= 11 is 0. The third-order valence-corrected chi connectivity index (χ3v) is 4.64. The molecule has 0 radical (unpaired) electrons. The molecule has 2 aromatic rings. The first-order valence-electron chi connectivity index (χ1n) is 9.31. The number of anilines is 1. The van der Waals surface area contributed by atoms with Crippen LogP contribution in [0.2, 0.25) is 0 Å². The van der Waals surface area contributed by atoms with Crippen molar-refractivity contribution in [3.05, 3.63) is 47.5 Å². The summed E-state index contributed by atoms with van der Waals surface area (Å²) < 4.78 is 20.9. The van der Waals surface area contributed by atoms with Crippen LogP contribution in [-0.4, -0.2) is 39.8 Å². The summed E-state index contributed by atoms with van der Waals surface area (Å²) in [5.74, 6) is 0.0443. The lowest BCUT2D eigenvalue weighted by Crippen LogP contribution is -2.22. The van der Waals surface area contributed by atoms with E-state index in [1.165, 1.54) is 27.4 Å². The van der Waals surface area contributed by atoms with Crippen LogP contribution in [0.3, 0.4) is 0 Å². The second kappa shape index (κ2) is 10.4. The van der Waals surface area contributed by atoms with E-state index in [9.17, 15) is 9.59 Å². The van der Waals surface area contributed by atoms with Crippen LogP contribution in [0.4, 0.5) is 5.69 Å². The Hall–Kier alpha value is -3.22. The van der Waals surface area contributed by atoms with E-state index in [1.807, 2.05) is 24.3 Å². The standard InChI is InChI=1S/C22H27NO6/c1-6-14(2)15-9-7-8-10-17(15)23-19(24)13-29-22(25)16-11-12-18(26-3)21(28-5)20(16)27-4/h7-12,14H,6,13H2,1-5H3,(H,23,24)/t14-/m0/s1. The van der Waals surface area contributed by atoms with Crippen molar-refractivity contribution in [2.24, 2.45) is 0 Å². The van der Waals surface area contributed by atoms with E-state index < -0.39 is 18.5 Å². The zero-order valence-electron chi connectivity index (χ0n) is 17.4. The smallest absolute Gasteiger partial charge is 0.342 e.